The van der Waals surface area contributed by atoms with E-state index in [2.05, 4.69) is 17.2 Å². The van der Waals surface area contributed by atoms with Gasteiger partial charge in [0, 0.05) is 12.0 Å². The standard InChI is InChI=1S/C17H20ClNO2/c18-15-9-8-14(7-4-10-20)11-16(15)19-17(21)12-13-5-2-1-3-6-13/h8-9,11,13,20H,1-3,5-6,10,12H2,(H,19,21). The first kappa shape index (κ1) is 15.9. The van der Waals surface area contributed by atoms with E-state index < -0.39 is 0 Å². The first-order valence-corrected chi connectivity index (χ1v) is 7.76. The minimum atomic E-state index is -0.188. The Labute approximate surface area is 130 Å². The van der Waals surface area contributed by atoms with Gasteiger partial charge in [-0.05, 0) is 37.0 Å². The first-order chi connectivity index (χ1) is 10.2. The van der Waals surface area contributed by atoms with Crippen LogP contribution < -0.4 is 5.32 Å². The number of halogens is 1. The van der Waals surface area contributed by atoms with Crippen LogP contribution in [0.4, 0.5) is 5.69 Å². The number of aliphatic hydroxyl groups is 1. The zero-order chi connectivity index (χ0) is 15.1. The van der Waals surface area contributed by atoms with Crippen molar-refractivity contribution in [1.82, 2.24) is 0 Å². The Morgan fingerprint density at radius 1 is 1.33 bits per heavy atom. The van der Waals surface area contributed by atoms with Crippen molar-refractivity contribution in [3.63, 3.8) is 0 Å². The number of carbonyl (C=O) groups excluding carboxylic acids is 1. The molecule has 0 radical (unpaired) electrons. The number of nitrogens with one attached hydrogen (secondary N) is 1. The molecule has 2 rings (SSSR count). The number of rotatable bonds is 3. The number of benzene rings is 1. The van der Waals surface area contributed by atoms with Crippen molar-refractivity contribution in [3.05, 3.63) is 28.8 Å². The zero-order valence-electron chi connectivity index (χ0n) is 12.0. The molecule has 0 aliphatic heterocycles. The Morgan fingerprint density at radius 2 is 2.10 bits per heavy atom. The van der Waals surface area contributed by atoms with Crippen LogP contribution in [0, 0.1) is 17.8 Å². The lowest BCUT2D eigenvalue weighted by atomic mass is 9.87. The van der Waals surface area contributed by atoms with Gasteiger partial charge in [-0.1, -0.05) is 42.7 Å². The lowest BCUT2D eigenvalue weighted by Crippen LogP contribution is -2.18. The molecule has 0 bridgehead atoms. The van der Waals surface area contributed by atoms with Gasteiger partial charge in [-0.15, -0.1) is 0 Å². The highest BCUT2D eigenvalue weighted by atomic mass is 35.5. The topological polar surface area (TPSA) is 49.3 Å². The molecule has 1 aliphatic carbocycles. The molecule has 0 atom stereocenters. The minimum Gasteiger partial charge on any atom is -0.384 e. The van der Waals surface area contributed by atoms with E-state index in [0.717, 1.165) is 18.4 Å². The number of amides is 1. The molecule has 0 aromatic heterocycles. The normalized spacial score (nSPS) is 15.1. The van der Waals surface area contributed by atoms with Crippen molar-refractivity contribution in [2.24, 2.45) is 5.92 Å². The van der Waals surface area contributed by atoms with Crippen molar-refractivity contribution in [3.8, 4) is 11.8 Å². The molecule has 1 aromatic rings. The zero-order valence-corrected chi connectivity index (χ0v) is 12.7. The summed E-state index contributed by atoms with van der Waals surface area (Å²) in [4.78, 5) is 12.1. The highest BCUT2D eigenvalue weighted by Gasteiger charge is 2.17. The number of carbonyl (C=O) groups is 1. The SMILES string of the molecule is O=C(CC1CCCCC1)Nc1cc(C#CCO)ccc1Cl. The third-order valence-corrected chi connectivity index (χ3v) is 4.08. The van der Waals surface area contributed by atoms with Gasteiger partial charge in [0.15, 0.2) is 0 Å². The first-order valence-electron chi connectivity index (χ1n) is 7.38. The molecule has 0 saturated heterocycles. The fourth-order valence-corrected chi connectivity index (χ4v) is 2.86. The van der Waals surface area contributed by atoms with Crippen LogP contribution in [-0.4, -0.2) is 17.6 Å². The van der Waals surface area contributed by atoms with Gasteiger partial charge < -0.3 is 10.4 Å². The predicted octanol–water partition coefficient (Wildman–Crippen LogP) is 3.59. The molecular formula is C17H20ClNO2. The number of hydrogen-bond acceptors (Lipinski definition) is 2. The van der Waals surface area contributed by atoms with Crippen LogP contribution in [0.25, 0.3) is 0 Å². The van der Waals surface area contributed by atoms with Crippen LogP contribution in [0.15, 0.2) is 18.2 Å². The Kier molecular flexibility index (Phi) is 6.10. The summed E-state index contributed by atoms with van der Waals surface area (Å²) in [5.74, 6) is 5.89. The molecule has 112 valence electrons. The third kappa shape index (κ3) is 5.08. The Hall–Kier alpha value is -1.50. The van der Waals surface area contributed by atoms with E-state index >= 15 is 0 Å². The number of aliphatic hydroxyl groups excluding tert-OH is 1. The average Bonchev–Trinajstić information content (AvgIpc) is 2.49. The summed E-state index contributed by atoms with van der Waals surface area (Å²) in [5, 5.41) is 12.1. The second-order valence-electron chi connectivity index (χ2n) is 5.41. The van der Waals surface area contributed by atoms with Gasteiger partial charge in [0.05, 0.1) is 10.7 Å². The van der Waals surface area contributed by atoms with Gasteiger partial charge in [0.2, 0.25) is 5.91 Å². The van der Waals surface area contributed by atoms with Crippen LogP contribution in [0.2, 0.25) is 5.02 Å². The van der Waals surface area contributed by atoms with Gasteiger partial charge >= 0.3 is 0 Å². The number of anilines is 1. The van der Waals surface area contributed by atoms with Crippen LogP contribution in [0.3, 0.4) is 0 Å². The van der Waals surface area contributed by atoms with E-state index in [1.54, 1.807) is 18.2 Å². The second-order valence-corrected chi connectivity index (χ2v) is 5.82. The summed E-state index contributed by atoms with van der Waals surface area (Å²) in [6, 6.07) is 5.21. The largest absolute Gasteiger partial charge is 0.384 e. The highest BCUT2D eigenvalue weighted by molar-refractivity contribution is 6.33. The van der Waals surface area contributed by atoms with Gasteiger partial charge in [0.25, 0.3) is 0 Å². The molecule has 2 N–H and O–H groups in total. The van der Waals surface area contributed by atoms with Crippen molar-refractivity contribution in [2.75, 3.05) is 11.9 Å². The maximum absolute atomic E-state index is 12.1. The van der Waals surface area contributed by atoms with Gasteiger partial charge in [0.1, 0.15) is 6.61 Å². The molecule has 21 heavy (non-hydrogen) atoms. The van der Waals surface area contributed by atoms with Crippen LogP contribution in [0.5, 0.6) is 0 Å². The van der Waals surface area contributed by atoms with E-state index in [1.807, 2.05) is 0 Å². The minimum absolute atomic E-state index is 0.0102. The van der Waals surface area contributed by atoms with E-state index in [9.17, 15) is 4.79 Å². The number of hydrogen-bond donors (Lipinski definition) is 2. The van der Waals surface area contributed by atoms with E-state index in [4.69, 9.17) is 16.7 Å². The lowest BCUT2D eigenvalue weighted by Gasteiger charge is -2.21. The summed E-state index contributed by atoms with van der Waals surface area (Å²) >= 11 is 6.10. The Balaban J connectivity index is 1.98. The highest BCUT2D eigenvalue weighted by Crippen LogP contribution is 2.28. The molecule has 3 nitrogen and oxygen atoms in total. The monoisotopic (exact) mass is 305 g/mol. The average molecular weight is 306 g/mol. The quantitative estimate of drug-likeness (QED) is 0.838. The fraction of sp³-hybridized carbons (Fsp3) is 0.471. The maximum Gasteiger partial charge on any atom is 0.224 e. The van der Waals surface area contributed by atoms with Crippen molar-refractivity contribution in [2.45, 2.75) is 38.5 Å². The molecule has 1 fully saturated rings. The Morgan fingerprint density at radius 3 is 2.81 bits per heavy atom. The molecule has 1 saturated carbocycles. The maximum atomic E-state index is 12.1. The summed E-state index contributed by atoms with van der Waals surface area (Å²) in [5.41, 5.74) is 1.31. The molecule has 0 unspecified atom stereocenters. The van der Waals surface area contributed by atoms with Gasteiger partial charge in [-0.25, -0.2) is 0 Å². The van der Waals surface area contributed by atoms with Gasteiger partial charge in [-0.2, -0.15) is 0 Å². The molecule has 1 amide bonds. The van der Waals surface area contributed by atoms with Crippen molar-refractivity contribution < 1.29 is 9.90 Å². The third-order valence-electron chi connectivity index (χ3n) is 3.75. The van der Waals surface area contributed by atoms with Gasteiger partial charge in [-0.3, -0.25) is 4.79 Å². The summed E-state index contributed by atoms with van der Waals surface area (Å²) < 4.78 is 0. The van der Waals surface area contributed by atoms with Crippen LogP contribution in [0.1, 0.15) is 44.1 Å². The van der Waals surface area contributed by atoms with E-state index in [-0.39, 0.29) is 12.5 Å². The molecule has 1 aliphatic rings. The molecular weight excluding hydrogens is 286 g/mol. The molecule has 0 spiro atoms. The van der Waals surface area contributed by atoms with Crippen molar-refractivity contribution >= 4 is 23.2 Å². The van der Waals surface area contributed by atoms with E-state index in [1.165, 1.54) is 19.3 Å². The Bertz CT molecular complexity index is 554. The second kappa shape index (κ2) is 8.07. The van der Waals surface area contributed by atoms with Crippen molar-refractivity contribution in [1.29, 1.82) is 0 Å². The fourth-order valence-electron chi connectivity index (χ4n) is 2.70. The summed E-state index contributed by atoms with van der Waals surface area (Å²) in [7, 11) is 0. The van der Waals surface area contributed by atoms with Crippen LogP contribution >= 0.6 is 11.6 Å². The molecule has 0 heterocycles. The predicted molar refractivity (Wildman–Crippen MR) is 85.2 cm³/mol. The van der Waals surface area contributed by atoms with E-state index in [0.29, 0.717) is 23.0 Å². The lowest BCUT2D eigenvalue weighted by molar-refractivity contribution is -0.117. The molecule has 1 aromatic carbocycles. The summed E-state index contributed by atoms with van der Waals surface area (Å²) in [6.45, 7) is -0.188. The van der Waals surface area contributed by atoms with Crippen LogP contribution in [-0.2, 0) is 4.79 Å². The molecule has 4 heteroatoms. The summed E-state index contributed by atoms with van der Waals surface area (Å²) in [6.07, 6.45) is 6.58. The smallest absolute Gasteiger partial charge is 0.224 e.